The smallest absolute Gasteiger partial charge is 0.254 e. The summed E-state index contributed by atoms with van der Waals surface area (Å²) in [5, 5.41) is 10.4. The zero-order chi connectivity index (χ0) is 14.8. The minimum atomic E-state index is -0.726. The molecule has 0 heterocycles. The molecule has 4 nitrogen and oxygen atoms in total. The van der Waals surface area contributed by atoms with Crippen molar-refractivity contribution in [2.24, 2.45) is 0 Å². The Kier molecular flexibility index (Phi) is 4.70. The predicted molar refractivity (Wildman–Crippen MR) is 81.1 cm³/mol. The predicted octanol–water partition coefficient (Wildman–Crippen LogP) is 2.83. The Balaban J connectivity index is 2.14. The summed E-state index contributed by atoms with van der Waals surface area (Å²) in [6.45, 7) is 0.371. The second kappa shape index (κ2) is 6.14. The van der Waals surface area contributed by atoms with E-state index in [9.17, 15) is 9.90 Å². The fourth-order valence-electron chi connectivity index (χ4n) is 2.71. The number of hydrogen-bond donors (Lipinski definition) is 1. The average Bonchev–Trinajstić information content (AvgIpc) is 2.85. The van der Waals surface area contributed by atoms with Crippen LogP contribution in [-0.4, -0.2) is 42.2 Å². The Morgan fingerprint density at radius 2 is 2.10 bits per heavy atom. The molecule has 5 heteroatoms. The van der Waals surface area contributed by atoms with Gasteiger partial charge in [0.2, 0.25) is 0 Å². The first kappa shape index (κ1) is 15.3. The maximum absolute atomic E-state index is 12.5. The standard InChI is InChI=1S/C15H20BrNO3/c1-17(10-15(19)7-3-4-8-15)14(18)12-9-11(20-2)5-6-13(12)16/h5-6,9,19H,3-4,7-8,10H2,1-2H3. The van der Waals surface area contributed by atoms with Crippen molar-refractivity contribution in [3.8, 4) is 5.75 Å². The maximum Gasteiger partial charge on any atom is 0.254 e. The molecule has 2 rings (SSSR count). The summed E-state index contributed by atoms with van der Waals surface area (Å²) < 4.78 is 5.88. The van der Waals surface area contributed by atoms with E-state index in [0.29, 0.717) is 17.9 Å². The maximum atomic E-state index is 12.5. The molecule has 1 aliphatic rings. The lowest BCUT2D eigenvalue weighted by molar-refractivity contribution is 0.0156. The summed E-state index contributed by atoms with van der Waals surface area (Å²) in [7, 11) is 3.30. The summed E-state index contributed by atoms with van der Waals surface area (Å²) >= 11 is 3.39. The number of hydrogen-bond acceptors (Lipinski definition) is 3. The van der Waals surface area contributed by atoms with Gasteiger partial charge in [0.05, 0.1) is 18.3 Å². The lowest BCUT2D eigenvalue weighted by Gasteiger charge is -2.29. The third-order valence-electron chi connectivity index (χ3n) is 3.82. The molecule has 0 saturated heterocycles. The molecule has 0 aromatic heterocycles. The van der Waals surface area contributed by atoms with Crippen LogP contribution in [0.15, 0.2) is 22.7 Å². The average molecular weight is 342 g/mol. The van der Waals surface area contributed by atoms with Crippen LogP contribution in [-0.2, 0) is 0 Å². The van der Waals surface area contributed by atoms with E-state index >= 15 is 0 Å². The van der Waals surface area contributed by atoms with E-state index in [4.69, 9.17) is 4.74 Å². The van der Waals surface area contributed by atoms with Crippen LogP contribution >= 0.6 is 15.9 Å². The molecule has 1 saturated carbocycles. The van der Waals surface area contributed by atoms with Gasteiger partial charge in [-0.25, -0.2) is 0 Å². The van der Waals surface area contributed by atoms with Crippen molar-refractivity contribution in [2.45, 2.75) is 31.3 Å². The van der Waals surface area contributed by atoms with Crippen LogP contribution in [0.5, 0.6) is 5.75 Å². The van der Waals surface area contributed by atoms with Crippen LogP contribution in [0.2, 0.25) is 0 Å². The van der Waals surface area contributed by atoms with Gasteiger partial charge in [0.25, 0.3) is 5.91 Å². The van der Waals surface area contributed by atoms with Crippen LogP contribution in [0.25, 0.3) is 0 Å². The minimum Gasteiger partial charge on any atom is -0.497 e. The lowest BCUT2D eigenvalue weighted by Crippen LogP contribution is -2.42. The van der Waals surface area contributed by atoms with Gasteiger partial charge in [0, 0.05) is 18.1 Å². The molecular formula is C15H20BrNO3. The quantitative estimate of drug-likeness (QED) is 0.915. The van der Waals surface area contributed by atoms with Gasteiger partial charge >= 0.3 is 0 Å². The Morgan fingerprint density at radius 1 is 1.45 bits per heavy atom. The highest BCUT2D eigenvalue weighted by molar-refractivity contribution is 9.10. The van der Waals surface area contributed by atoms with E-state index in [-0.39, 0.29) is 5.91 Å². The van der Waals surface area contributed by atoms with Crippen molar-refractivity contribution in [3.05, 3.63) is 28.2 Å². The van der Waals surface area contributed by atoms with Crippen molar-refractivity contribution in [2.75, 3.05) is 20.7 Å². The van der Waals surface area contributed by atoms with Crippen LogP contribution in [0.1, 0.15) is 36.0 Å². The molecule has 0 spiro atoms. The van der Waals surface area contributed by atoms with Gasteiger partial charge in [-0.3, -0.25) is 4.79 Å². The van der Waals surface area contributed by atoms with Gasteiger partial charge < -0.3 is 14.7 Å². The Hall–Kier alpha value is -1.07. The summed E-state index contributed by atoms with van der Waals surface area (Å²) in [6.07, 6.45) is 3.59. The number of benzene rings is 1. The molecule has 0 atom stereocenters. The second-order valence-corrected chi connectivity index (χ2v) is 6.29. The first-order valence-electron chi connectivity index (χ1n) is 6.76. The number of aliphatic hydroxyl groups is 1. The van der Waals surface area contributed by atoms with Gasteiger partial charge in [-0.05, 0) is 47.0 Å². The molecule has 1 amide bonds. The molecule has 1 aliphatic carbocycles. The largest absolute Gasteiger partial charge is 0.497 e. The molecule has 1 fully saturated rings. The van der Waals surface area contributed by atoms with Gasteiger partial charge in [0.15, 0.2) is 0 Å². The van der Waals surface area contributed by atoms with Gasteiger partial charge in [-0.15, -0.1) is 0 Å². The van der Waals surface area contributed by atoms with E-state index in [0.717, 1.165) is 30.2 Å². The van der Waals surface area contributed by atoms with Crippen LogP contribution in [0.4, 0.5) is 0 Å². The van der Waals surface area contributed by atoms with Gasteiger partial charge in [0.1, 0.15) is 5.75 Å². The Bertz CT molecular complexity index is 498. The molecule has 20 heavy (non-hydrogen) atoms. The van der Waals surface area contributed by atoms with Crippen LogP contribution in [0.3, 0.4) is 0 Å². The van der Waals surface area contributed by atoms with E-state index in [1.54, 1.807) is 37.3 Å². The molecule has 0 aliphatic heterocycles. The van der Waals surface area contributed by atoms with E-state index in [1.807, 2.05) is 0 Å². The third kappa shape index (κ3) is 3.33. The molecule has 0 radical (unpaired) electrons. The molecule has 1 N–H and O–H groups in total. The first-order valence-corrected chi connectivity index (χ1v) is 7.56. The Labute approximate surface area is 127 Å². The number of methoxy groups -OCH3 is 1. The summed E-state index contributed by atoms with van der Waals surface area (Å²) in [5.41, 5.74) is -0.177. The van der Waals surface area contributed by atoms with Crippen molar-refractivity contribution in [1.82, 2.24) is 4.90 Å². The minimum absolute atomic E-state index is 0.115. The van der Waals surface area contributed by atoms with E-state index in [1.165, 1.54) is 0 Å². The van der Waals surface area contributed by atoms with E-state index in [2.05, 4.69) is 15.9 Å². The zero-order valence-corrected chi connectivity index (χ0v) is 13.4. The number of likely N-dealkylation sites (N-methyl/N-ethyl adjacent to an activating group) is 1. The van der Waals surface area contributed by atoms with Crippen molar-refractivity contribution in [1.29, 1.82) is 0 Å². The molecule has 110 valence electrons. The number of carbonyl (C=O) groups excluding carboxylic acids is 1. The molecule has 1 aromatic rings. The number of nitrogens with zero attached hydrogens (tertiary/aromatic N) is 1. The highest BCUT2D eigenvalue weighted by atomic mass is 79.9. The normalized spacial score (nSPS) is 17.0. The topological polar surface area (TPSA) is 49.8 Å². The summed E-state index contributed by atoms with van der Waals surface area (Å²) in [4.78, 5) is 14.1. The highest BCUT2D eigenvalue weighted by Crippen LogP contribution is 2.31. The lowest BCUT2D eigenvalue weighted by atomic mass is 10.0. The summed E-state index contributed by atoms with van der Waals surface area (Å²) in [5.74, 6) is 0.528. The first-order chi connectivity index (χ1) is 9.45. The monoisotopic (exact) mass is 341 g/mol. The zero-order valence-electron chi connectivity index (χ0n) is 11.9. The fraction of sp³-hybridized carbons (Fsp3) is 0.533. The molecule has 0 bridgehead atoms. The van der Waals surface area contributed by atoms with Crippen molar-refractivity contribution >= 4 is 21.8 Å². The molecular weight excluding hydrogens is 322 g/mol. The van der Waals surface area contributed by atoms with E-state index < -0.39 is 5.60 Å². The highest BCUT2D eigenvalue weighted by Gasteiger charge is 2.33. The van der Waals surface area contributed by atoms with Crippen molar-refractivity contribution in [3.63, 3.8) is 0 Å². The molecule has 0 unspecified atom stereocenters. The fourth-order valence-corrected chi connectivity index (χ4v) is 3.12. The van der Waals surface area contributed by atoms with Crippen LogP contribution in [0, 0.1) is 0 Å². The number of ether oxygens (including phenoxy) is 1. The second-order valence-electron chi connectivity index (χ2n) is 5.44. The third-order valence-corrected chi connectivity index (χ3v) is 4.51. The number of halogens is 1. The van der Waals surface area contributed by atoms with Crippen molar-refractivity contribution < 1.29 is 14.6 Å². The van der Waals surface area contributed by atoms with Crippen LogP contribution < -0.4 is 4.74 Å². The van der Waals surface area contributed by atoms with Gasteiger partial charge in [-0.1, -0.05) is 12.8 Å². The Morgan fingerprint density at radius 3 is 2.70 bits per heavy atom. The van der Waals surface area contributed by atoms with Gasteiger partial charge in [-0.2, -0.15) is 0 Å². The number of carbonyl (C=O) groups is 1. The SMILES string of the molecule is COc1ccc(Br)c(C(=O)N(C)CC2(O)CCCC2)c1. The summed E-state index contributed by atoms with van der Waals surface area (Å²) in [6, 6.07) is 5.30. The molecule has 1 aromatic carbocycles. The number of rotatable bonds is 4. The number of amides is 1.